The summed E-state index contributed by atoms with van der Waals surface area (Å²) in [6.07, 6.45) is 4.84. The summed E-state index contributed by atoms with van der Waals surface area (Å²) >= 11 is 1.56. The summed E-state index contributed by atoms with van der Waals surface area (Å²) < 4.78 is 5.25. The van der Waals surface area contributed by atoms with E-state index in [2.05, 4.69) is 16.4 Å². The number of nitrogens with zero attached hydrogens (tertiary/aromatic N) is 2. The third kappa shape index (κ3) is 3.76. The van der Waals surface area contributed by atoms with E-state index >= 15 is 0 Å². The average Bonchev–Trinajstić information content (AvgIpc) is 3.00. The van der Waals surface area contributed by atoms with Crippen molar-refractivity contribution in [2.75, 3.05) is 5.75 Å². The fourth-order valence-electron chi connectivity index (χ4n) is 1.58. The summed E-state index contributed by atoms with van der Waals surface area (Å²) in [7, 11) is 0. The minimum atomic E-state index is -0.421. The van der Waals surface area contributed by atoms with Crippen molar-refractivity contribution in [3.63, 3.8) is 0 Å². The summed E-state index contributed by atoms with van der Waals surface area (Å²) in [5.41, 5.74) is 0.474. The van der Waals surface area contributed by atoms with Crippen molar-refractivity contribution in [3.05, 3.63) is 12.0 Å². The number of hydrogen-bond donors (Lipinski definition) is 1. The maximum absolute atomic E-state index is 9.20. The smallest absolute Gasteiger partial charge is 0.255 e. The van der Waals surface area contributed by atoms with Crippen LogP contribution >= 0.6 is 11.8 Å². The van der Waals surface area contributed by atoms with E-state index in [4.69, 9.17) is 4.42 Å². The molecule has 1 atom stereocenters. The summed E-state index contributed by atoms with van der Waals surface area (Å²) in [5.74, 6) is 0.837. The number of hydrogen-bond acceptors (Lipinski definition) is 5. The summed E-state index contributed by atoms with van der Waals surface area (Å²) in [6, 6.07) is 2.92. The van der Waals surface area contributed by atoms with Crippen LogP contribution in [0.2, 0.25) is 0 Å². The molecule has 92 valence electrons. The van der Waals surface area contributed by atoms with Crippen molar-refractivity contribution in [2.45, 2.75) is 49.9 Å². The molecule has 0 spiro atoms. The van der Waals surface area contributed by atoms with E-state index in [1.807, 2.05) is 13.8 Å². The number of thioether (sulfide) groups is 1. The van der Waals surface area contributed by atoms with Crippen LogP contribution in [0.1, 0.15) is 31.9 Å². The topological polar surface area (TPSA) is 61.9 Å². The van der Waals surface area contributed by atoms with Crippen LogP contribution in [0, 0.1) is 18.3 Å². The maximum atomic E-state index is 9.20. The first-order valence-corrected chi connectivity index (χ1v) is 6.84. The molecule has 1 N–H and O–H groups in total. The highest BCUT2D eigenvalue weighted by Gasteiger charge is 2.32. The van der Waals surface area contributed by atoms with Gasteiger partial charge in [0, 0.05) is 11.8 Å². The molecule has 1 fully saturated rings. The molecule has 0 amide bonds. The molecule has 5 heteroatoms. The Morgan fingerprint density at radius 3 is 3.00 bits per heavy atom. The van der Waals surface area contributed by atoms with E-state index < -0.39 is 5.54 Å². The second kappa shape index (κ2) is 5.11. The van der Waals surface area contributed by atoms with E-state index in [9.17, 15) is 5.26 Å². The van der Waals surface area contributed by atoms with Crippen molar-refractivity contribution in [3.8, 4) is 6.07 Å². The van der Waals surface area contributed by atoms with Crippen LogP contribution in [-0.4, -0.2) is 22.3 Å². The molecule has 1 aliphatic carbocycles. The SMILES string of the molecule is Cc1coc(SCCC(C)(C#N)NC2CC2)n1. The molecule has 1 aliphatic rings. The van der Waals surface area contributed by atoms with Gasteiger partial charge in [0.05, 0.1) is 11.8 Å². The van der Waals surface area contributed by atoms with Gasteiger partial charge in [0.2, 0.25) is 0 Å². The van der Waals surface area contributed by atoms with E-state index in [0.29, 0.717) is 11.3 Å². The lowest BCUT2D eigenvalue weighted by Crippen LogP contribution is -2.42. The second-order valence-electron chi connectivity index (χ2n) is 4.72. The Kier molecular flexibility index (Phi) is 3.75. The highest BCUT2D eigenvalue weighted by molar-refractivity contribution is 7.99. The van der Waals surface area contributed by atoms with Gasteiger partial charge in [0.25, 0.3) is 5.22 Å². The van der Waals surface area contributed by atoms with Gasteiger partial charge in [-0.1, -0.05) is 11.8 Å². The molecule has 1 aromatic heterocycles. The highest BCUT2D eigenvalue weighted by atomic mass is 32.2. The van der Waals surface area contributed by atoms with Gasteiger partial charge in [-0.25, -0.2) is 4.98 Å². The van der Waals surface area contributed by atoms with Crippen LogP contribution in [0.3, 0.4) is 0 Å². The number of oxazole rings is 1. The number of nitrogens with one attached hydrogen (secondary N) is 1. The van der Waals surface area contributed by atoms with Crippen LogP contribution < -0.4 is 5.32 Å². The fraction of sp³-hybridized carbons (Fsp3) is 0.667. The molecule has 1 heterocycles. The molecule has 4 nitrogen and oxygen atoms in total. The molecule has 1 unspecified atom stereocenters. The van der Waals surface area contributed by atoms with E-state index in [-0.39, 0.29) is 0 Å². The zero-order valence-electron chi connectivity index (χ0n) is 10.2. The summed E-state index contributed by atoms with van der Waals surface area (Å²) in [5, 5.41) is 13.3. The highest BCUT2D eigenvalue weighted by Crippen LogP contribution is 2.26. The van der Waals surface area contributed by atoms with Gasteiger partial charge in [-0.2, -0.15) is 5.26 Å². The largest absolute Gasteiger partial charge is 0.440 e. The van der Waals surface area contributed by atoms with Crippen molar-refractivity contribution in [2.24, 2.45) is 0 Å². The minimum absolute atomic E-state index is 0.421. The molecule has 17 heavy (non-hydrogen) atoms. The third-order valence-corrected chi connectivity index (χ3v) is 3.62. The molecule has 1 aromatic rings. The standard InChI is InChI=1S/C12H17N3OS/c1-9-7-16-11(14-9)17-6-5-12(2,8-13)15-10-3-4-10/h7,10,15H,3-6H2,1-2H3. The van der Waals surface area contributed by atoms with Crippen LogP contribution in [0.15, 0.2) is 15.9 Å². The van der Waals surface area contributed by atoms with E-state index in [1.54, 1.807) is 18.0 Å². The molecular formula is C12H17N3OS. The zero-order valence-corrected chi connectivity index (χ0v) is 11.0. The lowest BCUT2D eigenvalue weighted by molar-refractivity contribution is 0.430. The Bertz CT molecular complexity index is 422. The summed E-state index contributed by atoms with van der Waals surface area (Å²) in [4.78, 5) is 4.22. The van der Waals surface area contributed by atoms with Crippen molar-refractivity contribution in [1.82, 2.24) is 10.3 Å². The van der Waals surface area contributed by atoms with Gasteiger partial charge < -0.3 is 4.42 Å². The van der Waals surface area contributed by atoms with Crippen LogP contribution in [0.4, 0.5) is 0 Å². The van der Waals surface area contributed by atoms with Gasteiger partial charge in [-0.15, -0.1) is 0 Å². The number of aromatic nitrogens is 1. The normalized spacial score (nSPS) is 18.6. The maximum Gasteiger partial charge on any atom is 0.255 e. The minimum Gasteiger partial charge on any atom is -0.440 e. The lowest BCUT2D eigenvalue weighted by atomic mass is 10.0. The molecule has 0 aliphatic heterocycles. The predicted octanol–water partition coefficient (Wildman–Crippen LogP) is 2.50. The zero-order chi connectivity index (χ0) is 12.3. The van der Waals surface area contributed by atoms with Gasteiger partial charge in [0.15, 0.2) is 0 Å². The van der Waals surface area contributed by atoms with Crippen molar-refractivity contribution in [1.29, 1.82) is 5.26 Å². The first-order valence-electron chi connectivity index (χ1n) is 5.85. The quantitative estimate of drug-likeness (QED) is 0.787. The van der Waals surface area contributed by atoms with Gasteiger partial charge in [-0.3, -0.25) is 5.32 Å². The number of nitriles is 1. The van der Waals surface area contributed by atoms with Gasteiger partial charge in [-0.05, 0) is 33.1 Å². The Balaban J connectivity index is 1.77. The summed E-state index contributed by atoms with van der Waals surface area (Å²) in [6.45, 7) is 3.87. The van der Waals surface area contributed by atoms with Gasteiger partial charge in [0.1, 0.15) is 11.8 Å². The molecule has 2 rings (SSSR count). The number of rotatable bonds is 6. The third-order valence-electron chi connectivity index (χ3n) is 2.77. The molecule has 0 aromatic carbocycles. The molecule has 0 radical (unpaired) electrons. The number of aryl methyl sites for hydroxylation is 1. The molecule has 1 saturated carbocycles. The lowest BCUT2D eigenvalue weighted by Gasteiger charge is -2.22. The van der Waals surface area contributed by atoms with E-state index in [1.165, 1.54) is 12.8 Å². The van der Waals surface area contributed by atoms with Crippen LogP contribution in [0.25, 0.3) is 0 Å². The molecular weight excluding hydrogens is 234 g/mol. The monoisotopic (exact) mass is 251 g/mol. The van der Waals surface area contributed by atoms with E-state index in [0.717, 1.165) is 17.9 Å². The first-order chi connectivity index (χ1) is 8.11. The second-order valence-corrected chi connectivity index (χ2v) is 5.76. The molecule has 0 saturated heterocycles. The van der Waals surface area contributed by atoms with Crippen LogP contribution in [0.5, 0.6) is 0 Å². The Morgan fingerprint density at radius 1 is 1.71 bits per heavy atom. The van der Waals surface area contributed by atoms with Crippen molar-refractivity contribution >= 4 is 11.8 Å². The fourth-order valence-corrected chi connectivity index (χ4v) is 2.59. The van der Waals surface area contributed by atoms with Gasteiger partial charge >= 0.3 is 0 Å². The molecule has 0 bridgehead atoms. The predicted molar refractivity (Wildman–Crippen MR) is 66.8 cm³/mol. The first kappa shape index (κ1) is 12.5. The average molecular weight is 251 g/mol. The van der Waals surface area contributed by atoms with Crippen LogP contribution in [-0.2, 0) is 0 Å². The Morgan fingerprint density at radius 2 is 2.47 bits per heavy atom. The van der Waals surface area contributed by atoms with Crippen molar-refractivity contribution < 1.29 is 4.42 Å². The Hall–Kier alpha value is -0.990. The Labute approximate surface area is 106 Å².